The molecule has 0 aliphatic heterocycles. The van der Waals surface area contributed by atoms with Gasteiger partial charge in [0, 0.05) is 29.8 Å². The van der Waals surface area contributed by atoms with Crippen LogP contribution in [0.15, 0.2) is 77.7 Å². The summed E-state index contributed by atoms with van der Waals surface area (Å²) in [5, 5.41) is 6.65. The van der Waals surface area contributed by atoms with E-state index in [1.807, 2.05) is 53.4 Å². The van der Waals surface area contributed by atoms with E-state index in [0.29, 0.717) is 23.0 Å². The highest BCUT2D eigenvalue weighted by Gasteiger charge is 2.11. The van der Waals surface area contributed by atoms with Crippen molar-refractivity contribution in [3.05, 3.63) is 84.6 Å². The maximum Gasteiger partial charge on any atom is 0.251 e. The fraction of sp³-hybridized carbons (Fsp3) is 0.0526. The van der Waals surface area contributed by atoms with Gasteiger partial charge in [0.1, 0.15) is 5.69 Å². The first kappa shape index (κ1) is 15.8. The Morgan fingerprint density at radius 2 is 1.85 bits per heavy atom. The summed E-state index contributed by atoms with van der Waals surface area (Å²) >= 11 is 0. The Kier molecular flexibility index (Phi) is 4.26. The summed E-state index contributed by atoms with van der Waals surface area (Å²) in [6.07, 6.45) is 5.55. The second kappa shape index (κ2) is 7.02. The van der Waals surface area contributed by atoms with E-state index in [4.69, 9.17) is 4.52 Å². The van der Waals surface area contributed by atoms with Crippen LogP contribution in [0, 0.1) is 0 Å². The highest BCUT2D eigenvalue weighted by Crippen LogP contribution is 2.12. The molecule has 0 aliphatic carbocycles. The molecule has 1 N–H and O–H groups in total. The van der Waals surface area contributed by atoms with Gasteiger partial charge in [0.2, 0.25) is 11.7 Å². The van der Waals surface area contributed by atoms with Crippen LogP contribution in [0.3, 0.4) is 0 Å². The molecular weight excluding hydrogens is 330 g/mol. The number of rotatable bonds is 5. The standard InChI is InChI=1S/C19H15N5O2/c25-19(14-6-8-15(9-7-14)24-11-3-4-12-24)21-13-17-22-18(23-26-17)16-5-1-2-10-20-16/h1-12H,13H2,(H,21,25). The molecule has 0 atom stereocenters. The monoisotopic (exact) mass is 345 g/mol. The average molecular weight is 345 g/mol. The lowest BCUT2D eigenvalue weighted by molar-refractivity contribution is 0.0946. The molecule has 0 spiro atoms. The molecule has 26 heavy (non-hydrogen) atoms. The molecule has 0 aliphatic rings. The molecule has 128 valence electrons. The molecule has 4 rings (SSSR count). The molecule has 0 saturated carbocycles. The van der Waals surface area contributed by atoms with Gasteiger partial charge in [-0.15, -0.1) is 0 Å². The zero-order valence-corrected chi connectivity index (χ0v) is 13.7. The number of carbonyl (C=O) groups is 1. The Hall–Kier alpha value is -3.74. The van der Waals surface area contributed by atoms with Crippen molar-refractivity contribution in [2.45, 2.75) is 6.54 Å². The van der Waals surface area contributed by atoms with Gasteiger partial charge in [-0.2, -0.15) is 4.98 Å². The summed E-state index contributed by atoms with van der Waals surface area (Å²) in [7, 11) is 0. The van der Waals surface area contributed by atoms with E-state index in [1.165, 1.54) is 0 Å². The minimum atomic E-state index is -0.207. The van der Waals surface area contributed by atoms with E-state index in [1.54, 1.807) is 24.4 Å². The molecule has 7 heteroatoms. The zero-order chi connectivity index (χ0) is 17.8. The second-order valence-corrected chi connectivity index (χ2v) is 5.55. The van der Waals surface area contributed by atoms with E-state index in [0.717, 1.165) is 5.69 Å². The molecule has 0 fully saturated rings. The number of amides is 1. The maximum absolute atomic E-state index is 12.3. The van der Waals surface area contributed by atoms with Gasteiger partial charge in [-0.1, -0.05) is 11.2 Å². The van der Waals surface area contributed by atoms with Crippen molar-refractivity contribution in [2.75, 3.05) is 0 Å². The topological polar surface area (TPSA) is 85.8 Å². The van der Waals surface area contributed by atoms with E-state index in [2.05, 4.69) is 20.4 Å². The van der Waals surface area contributed by atoms with Crippen LogP contribution in [0.25, 0.3) is 17.2 Å². The predicted octanol–water partition coefficient (Wildman–Crippen LogP) is 2.85. The van der Waals surface area contributed by atoms with Gasteiger partial charge in [-0.25, -0.2) is 0 Å². The number of nitrogens with one attached hydrogen (secondary N) is 1. The molecule has 3 aromatic heterocycles. The minimum absolute atomic E-state index is 0.151. The van der Waals surface area contributed by atoms with Gasteiger partial charge in [-0.05, 0) is 48.5 Å². The Morgan fingerprint density at radius 1 is 1.04 bits per heavy atom. The first-order valence-electron chi connectivity index (χ1n) is 8.05. The quantitative estimate of drug-likeness (QED) is 0.601. The minimum Gasteiger partial charge on any atom is -0.343 e. The lowest BCUT2D eigenvalue weighted by atomic mass is 10.2. The van der Waals surface area contributed by atoms with Gasteiger partial charge in [0.25, 0.3) is 5.91 Å². The van der Waals surface area contributed by atoms with Gasteiger partial charge in [0.05, 0.1) is 6.54 Å². The van der Waals surface area contributed by atoms with Crippen molar-refractivity contribution in [1.82, 2.24) is 25.0 Å². The van der Waals surface area contributed by atoms with Gasteiger partial charge < -0.3 is 14.4 Å². The highest BCUT2D eigenvalue weighted by atomic mass is 16.5. The smallest absolute Gasteiger partial charge is 0.251 e. The summed E-state index contributed by atoms with van der Waals surface area (Å²) in [6.45, 7) is 0.151. The summed E-state index contributed by atoms with van der Waals surface area (Å²) in [6, 6.07) is 16.7. The number of carbonyl (C=O) groups excluding carboxylic acids is 1. The summed E-state index contributed by atoms with van der Waals surface area (Å²) in [5.74, 6) is 0.510. The zero-order valence-electron chi connectivity index (χ0n) is 13.7. The van der Waals surface area contributed by atoms with Crippen molar-refractivity contribution in [3.63, 3.8) is 0 Å². The third-order valence-electron chi connectivity index (χ3n) is 3.79. The Bertz CT molecular complexity index is 992. The van der Waals surface area contributed by atoms with E-state index >= 15 is 0 Å². The fourth-order valence-corrected chi connectivity index (χ4v) is 2.48. The molecule has 1 amide bonds. The van der Waals surface area contributed by atoms with Crippen LogP contribution in [0.4, 0.5) is 0 Å². The highest BCUT2D eigenvalue weighted by molar-refractivity contribution is 5.94. The molecular formula is C19H15N5O2. The van der Waals surface area contributed by atoms with E-state index < -0.39 is 0 Å². The fourth-order valence-electron chi connectivity index (χ4n) is 2.48. The number of hydrogen-bond donors (Lipinski definition) is 1. The number of aromatic nitrogens is 4. The number of pyridine rings is 1. The van der Waals surface area contributed by atoms with Crippen molar-refractivity contribution in [1.29, 1.82) is 0 Å². The summed E-state index contributed by atoms with van der Waals surface area (Å²) in [4.78, 5) is 20.7. The van der Waals surface area contributed by atoms with Crippen molar-refractivity contribution < 1.29 is 9.32 Å². The van der Waals surface area contributed by atoms with Crippen molar-refractivity contribution in [3.8, 4) is 17.2 Å². The first-order chi connectivity index (χ1) is 12.8. The van der Waals surface area contributed by atoms with Crippen LogP contribution in [-0.4, -0.2) is 25.6 Å². The van der Waals surface area contributed by atoms with Crippen LogP contribution in [-0.2, 0) is 6.54 Å². The lowest BCUT2D eigenvalue weighted by Crippen LogP contribution is -2.22. The van der Waals surface area contributed by atoms with Gasteiger partial charge in [0.15, 0.2) is 0 Å². The largest absolute Gasteiger partial charge is 0.343 e. The SMILES string of the molecule is O=C(NCc1nc(-c2ccccn2)no1)c1ccc(-n2cccc2)cc1. The molecule has 0 bridgehead atoms. The Labute approximate surface area is 149 Å². The molecule has 3 heterocycles. The molecule has 7 nitrogen and oxygen atoms in total. The van der Waals surface area contributed by atoms with Crippen LogP contribution in [0.1, 0.15) is 16.2 Å². The van der Waals surface area contributed by atoms with Gasteiger partial charge in [-0.3, -0.25) is 9.78 Å². The van der Waals surface area contributed by atoms with Gasteiger partial charge >= 0.3 is 0 Å². The van der Waals surface area contributed by atoms with Crippen LogP contribution in [0.2, 0.25) is 0 Å². The van der Waals surface area contributed by atoms with E-state index in [-0.39, 0.29) is 12.5 Å². The summed E-state index contributed by atoms with van der Waals surface area (Å²) in [5.41, 5.74) is 2.17. The Morgan fingerprint density at radius 3 is 2.58 bits per heavy atom. The Balaban J connectivity index is 1.39. The molecule has 4 aromatic rings. The average Bonchev–Trinajstić information content (AvgIpc) is 3.39. The maximum atomic E-state index is 12.3. The third kappa shape index (κ3) is 3.36. The second-order valence-electron chi connectivity index (χ2n) is 5.55. The third-order valence-corrected chi connectivity index (χ3v) is 3.79. The molecule has 0 unspecified atom stereocenters. The molecule has 1 aromatic carbocycles. The van der Waals surface area contributed by atoms with Crippen molar-refractivity contribution in [2.24, 2.45) is 0 Å². The first-order valence-corrected chi connectivity index (χ1v) is 8.05. The van der Waals surface area contributed by atoms with Crippen LogP contribution < -0.4 is 5.32 Å². The van der Waals surface area contributed by atoms with E-state index in [9.17, 15) is 4.79 Å². The number of nitrogens with zero attached hydrogens (tertiary/aromatic N) is 4. The lowest BCUT2D eigenvalue weighted by Gasteiger charge is -2.05. The van der Waals surface area contributed by atoms with Crippen LogP contribution >= 0.6 is 0 Å². The summed E-state index contributed by atoms with van der Waals surface area (Å²) < 4.78 is 7.13. The number of hydrogen-bond acceptors (Lipinski definition) is 5. The van der Waals surface area contributed by atoms with Crippen molar-refractivity contribution >= 4 is 5.91 Å². The molecule has 0 saturated heterocycles. The predicted molar refractivity (Wildman–Crippen MR) is 94.5 cm³/mol. The molecule has 0 radical (unpaired) electrons. The number of benzene rings is 1. The normalized spacial score (nSPS) is 10.6. The van der Waals surface area contributed by atoms with Crippen LogP contribution in [0.5, 0.6) is 0 Å².